The van der Waals surface area contributed by atoms with E-state index in [9.17, 15) is 9.59 Å². The molecule has 7 heteroatoms. The fourth-order valence-electron chi connectivity index (χ4n) is 2.51. The number of ether oxygens (including phenoxy) is 1. The average molecular weight is 359 g/mol. The number of carbonyl (C=O) groups is 2. The standard InChI is InChI=1S/C19H26BNO5/c1-13(22)21-12-16(20-25-18(2,3)19(4,5)26-20)11-14-8-7-9-15(10-14)17(23)24-6/h7-11H,12H2,1-6H3,(H,21,22). The lowest BCUT2D eigenvalue weighted by molar-refractivity contribution is -0.118. The first-order valence-electron chi connectivity index (χ1n) is 8.54. The summed E-state index contributed by atoms with van der Waals surface area (Å²) in [6.07, 6.45) is 1.87. The van der Waals surface area contributed by atoms with Gasteiger partial charge in [0.25, 0.3) is 0 Å². The molecule has 0 saturated carbocycles. The Kier molecular flexibility index (Phi) is 5.93. The summed E-state index contributed by atoms with van der Waals surface area (Å²) in [7, 11) is 0.755. The highest BCUT2D eigenvalue weighted by Crippen LogP contribution is 2.38. The third-order valence-electron chi connectivity index (χ3n) is 4.76. The van der Waals surface area contributed by atoms with Crippen molar-refractivity contribution in [3.05, 3.63) is 40.9 Å². The van der Waals surface area contributed by atoms with Crippen LogP contribution in [0.1, 0.15) is 50.5 Å². The number of esters is 1. The zero-order valence-corrected chi connectivity index (χ0v) is 16.2. The summed E-state index contributed by atoms with van der Waals surface area (Å²) in [5.74, 6) is -0.546. The van der Waals surface area contributed by atoms with E-state index >= 15 is 0 Å². The molecule has 6 nitrogen and oxygen atoms in total. The van der Waals surface area contributed by atoms with Crippen LogP contribution in [0.3, 0.4) is 0 Å². The van der Waals surface area contributed by atoms with E-state index in [0.717, 1.165) is 11.0 Å². The Hall–Kier alpha value is -2.12. The molecule has 0 bridgehead atoms. The molecule has 1 aromatic rings. The van der Waals surface area contributed by atoms with Crippen LogP contribution in [0, 0.1) is 0 Å². The van der Waals surface area contributed by atoms with E-state index in [4.69, 9.17) is 14.0 Å². The Morgan fingerprint density at radius 2 is 1.81 bits per heavy atom. The zero-order valence-electron chi connectivity index (χ0n) is 16.2. The quantitative estimate of drug-likeness (QED) is 0.646. The first kappa shape index (κ1) is 20.2. The van der Waals surface area contributed by atoms with Gasteiger partial charge in [-0.2, -0.15) is 0 Å². The highest BCUT2D eigenvalue weighted by Gasteiger charge is 2.52. The van der Waals surface area contributed by atoms with Gasteiger partial charge in [-0.15, -0.1) is 0 Å². The molecule has 0 atom stereocenters. The molecule has 26 heavy (non-hydrogen) atoms. The minimum atomic E-state index is -0.589. The Morgan fingerprint density at radius 3 is 2.35 bits per heavy atom. The van der Waals surface area contributed by atoms with Crippen LogP contribution in [-0.2, 0) is 18.8 Å². The summed E-state index contributed by atoms with van der Waals surface area (Å²) in [5.41, 5.74) is 1.04. The van der Waals surface area contributed by atoms with Gasteiger partial charge in [-0.1, -0.05) is 18.2 Å². The van der Waals surface area contributed by atoms with Gasteiger partial charge < -0.3 is 19.4 Å². The highest BCUT2D eigenvalue weighted by molar-refractivity contribution is 6.56. The molecule has 2 rings (SSSR count). The van der Waals surface area contributed by atoms with E-state index in [-0.39, 0.29) is 12.5 Å². The van der Waals surface area contributed by atoms with Crippen LogP contribution < -0.4 is 5.32 Å². The van der Waals surface area contributed by atoms with E-state index in [1.807, 2.05) is 39.8 Å². The maximum absolute atomic E-state index is 11.7. The summed E-state index contributed by atoms with van der Waals surface area (Å²) in [6, 6.07) is 7.06. The van der Waals surface area contributed by atoms with Gasteiger partial charge in [-0.05, 0) is 50.9 Å². The predicted molar refractivity (Wildman–Crippen MR) is 101 cm³/mol. The molecule has 1 aliphatic rings. The second-order valence-corrected chi connectivity index (χ2v) is 7.33. The van der Waals surface area contributed by atoms with Crippen LogP contribution in [0.5, 0.6) is 0 Å². The normalized spacial score (nSPS) is 18.5. The van der Waals surface area contributed by atoms with Gasteiger partial charge in [0.2, 0.25) is 5.91 Å². The molecule has 0 aromatic heterocycles. The molecule has 0 unspecified atom stereocenters. The number of hydrogen-bond donors (Lipinski definition) is 1. The van der Waals surface area contributed by atoms with Crippen LogP contribution >= 0.6 is 0 Å². The fraction of sp³-hybridized carbons (Fsp3) is 0.474. The number of carbonyl (C=O) groups excluding carboxylic acids is 2. The van der Waals surface area contributed by atoms with Crippen molar-refractivity contribution in [3.63, 3.8) is 0 Å². The summed E-state index contributed by atoms with van der Waals surface area (Å²) < 4.78 is 17.0. The Bertz CT molecular complexity index is 710. The van der Waals surface area contributed by atoms with Gasteiger partial charge in [-0.25, -0.2) is 4.79 Å². The van der Waals surface area contributed by atoms with Crippen molar-refractivity contribution in [1.82, 2.24) is 5.32 Å². The van der Waals surface area contributed by atoms with Crippen molar-refractivity contribution in [1.29, 1.82) is 0 Å². The SMILES string of the molecule is COC(=O)c1cccc(C=C(CNC(C)=O)B2OC(C)(C)C(C)(C)O2)c1. The van der Waals surface area contributed by atoms with Crippen LogP contribution in [0.25, 0.3) is 6.08 Å². The lowest BCUT2D eigenvalue weighted by Gasteiger charge is -2.32. The van der Waals surface area contributed by atoms with Crippen LogP contribution in [-0.4, -0.2) is 43.9 Å². The molecule has 1 fully saturated rings. The van der Waals surface area contributed by atoms with Crippen LogP contribution in [0.2, 0.25) is 0 Å². The molecule has 1 saturated heterocycles. The van der Waals surface area contributed by atoms with E-state index < -0.39 is 24.3 Å². The number of hydrogen-bond acceptors (Lipinski definition) is 5. The lowest BCUT2D eigenvalue weighted by Crippen LogP contribution is -2.41. The highest BCUT2D eigenvalue weighted by atomic mass is 16.7. The van der Waals surface area contributed by atoms with Crippen molar-refractivity contribution < 1.29 is 23.6 Å². The predicted octanol–water partition coefficient (Wildman–Crippen LogP) is 2.62. The zero-order chi connectivity index (χ0) is 19.5. The molecule has 0 spiro atoms. The molecule has 140 valence electrons. The fourth-order valence-corrected chi connectivity index (χ4v) is 2.51. The molecule has 1 aliphatic heterocycles. The average Bonchev–Trinajstić information content (AvgIpc) is 2.78. The maximum atomic E-state index is 11.7. The van der Waals surface area contributed by atoms with E-state index in [2.05, 4.69) is 5.32 Å². The summed E-state index contributed by atoms with van der Waals surface area (Å²) in [6.45, 7) is 9.64. The van der Waals surface area contributed by atoms with Crippen LogP contribution in [0.15, 0.2) is 29.7 Å². The van der Waals surface area contributed by atoms with Crippen molar-refractivity contribution in [2.24, 2.45) is 0 Å². The lowest BCUT2D eigenvalue weighted by atomic mass is 9.77. The van der Waals surface area contributed by atoms with Gasteiger partial charge in [0.05, 0.1) is 23.9 Å². The van der Waals surface area contributed by atoms with Crippen molar-refractivity contribution in [3.8, 4) is 0 Å². The summed E-state index contributed by atoms with van der Waals surface area (Å²) in [5, 5.41) is 2.79. The Balaban J connectivity index is 2.35. The molecule has 1 heterocycles. The largest absolute Gasteiger partial charge is 0.492 e. The van der Waals surface area contributed by atoms with Crippen LogP contribution in [0.4, 0.5) is 0 Å². The number of rotatable bonds is 5. The number of amides is 1. The second-order valence-electron chi connectivity index (χ2n) is 7.33. The Morgan fingerprint density at radius 1 is 1.19 bits per heavy atom. The van der Waals surface area contributed by atoms with Gasteiger partial charge in [0, 0.05) is 13.5 Å². The maximum Gasteiger partial charge on any atom is 0.492 e. The molecule has 1 N–H and O–H groups in total. The van der Waals surface area contributed by atoms with Crippen molar-refractivity contribution >= 4 is 25.1 Å². The van der Waals surface area contributed by atoms with E-state index in [0.29, 0.717) is 5.56 Å². The molecule has 0 aliphatic carbocycles. The molecule has 1 aromatic carbocycles. The Labute approximate surface area is 155 Å². The van der Waals surface area contributed by atoms with Gasteiger partial charge >= 0.3 is 13.1 Å². The smallest absolute Gasteiger partial charge is 0.465 e. The first-order chi connectivity index (χ1) is 12.1. The summed E-state index contributed by atoms with van der Waals surface area (Å²) >= 11 is 0. The number of nitrogens with one attached hydrogen (secondary N) is 1. The van der Waals surface area contributed by atoms with Crippen molar-refractivity contribution in [2.45, 2.75) is 45.8 Å². The molecular formula is C19H26BNO5. The van der Waals surface area contributed by atoms with Gasteiger partial charge in [0.15, 0.2) is 0 Å². The van der Waals surface area contributed by atoms with E-state index in [1.54, 1.807) is 18.2 Å². The number of benzene rings is 1. The van der Waals surface area contributed by atoms with Gasteiger partial charge in [-0.3, -0.25) is 4.79 Å². The minimum Gasteiger partial charge on any atom is -0.465 e. The monoisotopic (exact) mass is 359 g/mol. The molecule has 1 amide bonds. The van der Waals surface area contributed by atoms with Crippen molar-refractivity contribution in [2.75, 3.05) is 13.7 Å². The third-order valence-corrected chi connectivity index (χ3v) is 4.76. The topological polar surface area (TPSA) is 73.9 Å². The number of methoxy groups -OCH3 is 1. The molecular weight excluding hydrogens is 333 g/mol. The molecule has 0 radical (unpaired) electrons. The van der Waals surface area contributed by atoms with E-state index in [1.165, 1.54) is 14.0 Å². The minimum absolute atomic E-state index is 0.143. The third kappa shape index (κ3) is 4.53. The first-order valence-corrected chi connectivity index (χ1v) is 8.54. The second kappa shape index (κ2) is 7.64. The van der Waals surface area contributed by atoms with Gasteiger partial charge in [0.1, 0.15) is 0 Å². The summed E-state index contributed by atoms with van der Waals surface area (Å²) in [4.78, 5) is 23.1.